The Bertz CT molecular complexity index is 1270. The number of hydrogen-bond donors (Lipinski definition) is 2. The van der Waals surface area contributed by atoms with Crippen LogP contribution in [0.15, 0.2) is 55.1 Å². The lowest BCUT2D eigenvalue weighted by atomic mass is 9.48. The molecule has 2 N–H and O–H groups in total. The molecule has 6 nitrogen and oxygen atoms in total. The zero-order valence-electron chi connectivity index (χ0n) is 21.0. The van der Waals surface area contributed by atoms with Crippen molar-refractivity contribution in [1.29, 1.82) is 0 Å². The molecular formula is C30H34N2O4. The zero-order valence-corrected chi connectivity index (χ0v) is 21.0. The number of nitrogens with zero attached hydrogens (tertiary/aromatic N) is 2. The van der Waals surface area contributed by atoms with E-state index in [1.165, 1.54) is 0 Å². The van der Waals surface area contributed by atoms with Crippen LogP contribution in [-0.4, -0.2) is 69.8 Å². The van der Waals surface area contributed by atoms with Crippen molar-refractivity contribution in [3.05, 3.63) is 77.4 Å². The fourth-order valence-electron chi connectivity index (χ4n) is 7.61. The number of aryl methyl sites for hydroxylation is 1. The molecule has 5 atom stereocenters. The van der Waals surface area contributed by atoms with Crippen LogP contribution in [0.25, 0.3) is 6.08 Å². The van der Waals surface area contributed by atoms with Gasteiger partial charge in [-0.1, -0.05) is 42.0 Å². The highest BCUT2D eigenvalue weighted by Gasteiger charge is 2.73. The molecule has 1 spiro atoms. The van der Waals surface area contributed by atoms with Crippen molar-refractivity contribution in [2.24, 2.45) is 0 Å². The third-order valence-corrected chi connectivity index (χ3v) is 9.21. The van der Waals surface area contributed by atoms with Gasteiger partial charge in [-0.3, -0.25) is 9.69 Å². The number of aromatic hydroxyl groups is 1. The Kier molecular flexibility index (Phi) is 5.32. The fourth-order valence-corrected chi connectivity index (χ4v) is 7.61. The average Bonchev–Trinajstić information content (AvgIpc) is 3.21. The molecule has 4 aliphatic rings. The largest absolute Gasteiger partial charge is 0.504 e. The van der Waals surface area contributed by atoms with Crippen molar-refractivity contribution in [1.82, 2.24) is 9.80 Å². The van der Waals surface area contributed by atoms with Crippen molar-refractivity contribution in [2.75, 3.05) is 20.1 Å². The van der Waals surface area contributed by atoms with Gasteiger partial charge in [0.15, 0.2) is 11.5 Å². The highest BCUT2D eigenvalue weighted by molar-refractivity contribution is 5.92. The number of phenols is 1. The molecule has 2 aliphatic carbocycles. The Balaban J connectivity index is 1.38. The number of amides is 1. The van der Waals surface area contributed by atoms with E-state index in [9.17, 15) is 15.0 Å². The molecule has 36 heavy (non-hydrogen) atoms. The van der Waals surface area contributed by atoms with E-state index in [4.69, 9.17) is 4.74 Å². The summed E-state index contributed by atoms with van der Waals surface area (Å²) in [6.45, 7) is 7.50. The Hall–Kier alpha value is -3.09. The van der Waals surface area contributed by atoms with Crippen LogP contribution >= 0.6 is 0 Å². The minimum Gasteiger partial charge on any atom is -0.504 e. The number of phenolic OH excluding ortho intramolecular Hbond substituents is 1. The number of likely N-dealkylation sites (tertiary alicyclic amines) is 1. The summed E-state index contributed by atoms with van der Waals surface area (Å²) in [4.78, 5) is 17.4. The van der Waals surface area contributed by atoms with Crippen LogP contribution in [0, 0.1) is 6.92 Å². The third-order valence-electron chi connectivity index (χ3n) is 9.21. The number of carbonyl (C=O) groups excluding carboxylic acids is 1. The molecule has 188 valence electrons. The van der Waals surface area contributed by atoms with Crippen LogP contribution < -0.4 is 4.74 Å². The van der Waals surface area contributed by atoms with E-state index >= 15 is 0 Å². The smallest absolute Gasteiger partial charge is 0.246 e. The Labute approximate surface area is 212 Å². The van der Waals surface area contributed by atoms with Crippen molar-refractivity contribution >= 4 is 12.0 Å². The molecule has 0 radical (unpaired) electrons. The van der Waals surface area contributed by atoms with Crippen molar-refractivity contribution in [3.8, 4) is 11.5 Å². The van der Waals surface area contributed by atoms with Gasteiger partial charge >= 0.3 is 0 Å². The number of rotatable bonds is 5. The summed E-state index contributed by atoms with van der Waals surface area (Å²) in [5, 5.41) is 23.2. The van der Waals surface area contributed by atoms with Crippen LogP contribution in [0.5, 0.6) is 11.5 Å². The SMILES string of the molecule is C=CCN1CC[C@]23c4c5ccc(O)c4OC2C(N(C)C(=O)/C=C/c2cccc(C)c2)CC[C@@]3(O)[C@H]1C5. The second kappa shape index (κ2) is 8.22. The molecule has 2 aromatic rings. The molecule has 1 amide bonds. The van der Waals surface area contributed by atoms with E-state index in [2.05, 4.69) is 11.5 Å². The van der Waals surface area contributed by atoms with Gasteiger partial charge in [0, 0.05) is 31.3 Å². The van der Waals surface area contributed by atoms with Crippen molar-refractivity contribution < 1.29 is 19.7 Å². The molecule has 2 fully saturated rings. The number of likely N-dealkylation sites (N-methyl/N-ethyl adjacent to an activating group) is 1. The number of piperidine rings is 1. The Morgan fingerprint density at radius 3 is 2.92 bits per heavy atom. The molecule has 1 saturated carbocycles. The normalized spacial score (nSPS) is 32.1. The lowest BCUT2D eigenvalue weighted by Gasteiger charge is -2.64. The summed E-state index contributed by atoms with van der Waals surface area (Å²) in [6, 6.07) is 11.5. The molecule has 0 aromatic heterocycles. The topological polar surface area (TPSA) is 73.2 Å². The first-order valence-electron chi connectivity index (χ1n) is 12.9. The maximum atomic E-state index is 13.3. The first-order valence-corrected chi connectivity index (χ1v) is 12.9. The van der Waals surface area contributed by atoms with Gasteiger partial charge < -0.3 is 19.8 Å². The van der Waals surface area contributed by atoms with Gasteiger partial charge in [0.2, 0.25) is 5.91 Å². The first kappa shape index (κ1) is 23.3. The van der Waals surface area contributed by atoms with Crippen LogP contribution in [0.1, 0.15) is 41.5 Å². The van der Waals surface area contributed by atoms with Gasteiger partial charge in [0.05, 0.1) is 17.1 Å². The number of hydrogen-bond acceptors (Lipinski definition) is 5. The number of ether oxygens (including phenoxy) is 1. The van der Waals surface area contributed by atoms with Crippen molar-refractivity contribution in [2.45, 2.75) is 61.8 Å². The van der Waals surface area contributed by atoms with E-state index in [0.29, 0.717) is 31.4 Å². The lowest BCUT2D eigenvalue weighted by Crippen LogP contribution is -2.78. The highest BCUT2D eigenvalue weighted by Crippen LogP contribution is 2.65. The quantitative estimate of drug-likeness (QED) is 0.499. The fraction of sp³-hybridized carbons (Fsp3) is 0.433. The van der Waals surface area contributed by atoms with E-state index in [0.717, 1.165) is 35.3 Å². The summed E-state index contributed by atoms with van der Waals surface area (Å²) in [7, 11) is 1.83. The van der Waals surface area contributed by atoms with Gasteiger partial charge in [0.1, 0.15) is 6.10 Å². The molecule has 2 aliphatic heterocycles. The average molecular weight is 487 g/mol. The first-order chi connectivity index (χ1) is 17.3. The molecule has 2 unspecified atom stereocenters. The van der Waals surface area contributed by atoms with Crippen LogP contribution in [0.2, 0.25) is 0 Å². The van der Waals surface area contributed by atoms with Crippen LogP contribution in [0.4, 0.5) is 0 Å². The van der Waals surface area contributed by atoms with E-state index in [1.54, 1.807) is 17.0 Å². The molecule has 2 heterocycles. The van der Waals surface area contributed by atoms with Crippen LogP contribution in [0.3, 0.4) is 0 Å². The standard InChI is InChI=1S/C30H34N2O4/c1-4-15-32-16-14-29-26-21-9-10-23(33)27(26)36-28(29)22(12-13-30(29,35)24(32)18-21)31(3)25(34)11-8-20-7-5-6-19(2)17-20/h4-11,17,22,24,28,33,35H,1,12-16,18H2,2-3H3/b11-8+/t22?,24-,28?,29+,30-/m1/s1. The molecule has 6 heteroatoms. The van der Waals surface area contributed by atoms with Gasteiger partial charge in [-0.05, 0) is 62.4 Å². The van der Waals surface area contributed by atoms with E-state index < -0.39 is 17.1 Å². The van der Waals surface area contributed by atoms with Gasteiger partial charge in [-0.2, -0.15) is 0 Å². The molecule has 6 rings (SSSR count). The lowest BCUT2D eigenvalue weighted by molar-refractivity contribution is -0.198. The minimum absolute atomic E-state index is 0.0542. The zero-order chi connectivity index (χ0) is 25.2. The highest BCUT2D eigenvalue weighted by atomic mass is 16.5. The molecule has 2 aromatic carbocycles. The van der Waals surface area contributed by atoms with Crippen molar-refractivity contribution in [3.63, 3.8) is 0 Å². The number of carbonyl (C=O) groups is 1. The van der Waals surface area contributed by atoms with Gasteiger partial charge in [-0.15, -0.1) is 6.58 Å². The summed E-state index contributed by atoms with van der Waals surface area (Å²) >= 11 is 0. The molecule has 2 bridgehead atoms. The summed E-state index contributed by atoms with van der Waals surface area (Å²) < 4.78 is 6.57. The second-order valence-electron chi connectivity index (χ2n) is 10.9. The van der Waals surface area contributed by atoms with Gasteiger partial charge in [-0.25, -0.2) is 0 Å². The Morgan fingerprint density at radius 2 is 2.14 bits per heavy atom. The van der Waals surface area contributed by atoms with Crippen LogP contribution in [-0.2, 0) is 16.6 Å². The monoisotopic (exact) mass is 486 g/mol. The second-order valence-corrected chi connectivity index (χ2v) is 10.9. The number of benzene rings is 2. The molecule has 1 saturated heterocycles. The predicted octanol–water partition coefficient (Wildman–Crippen LogP) is 3.58. The Morgan fingerprint density at radius 1 is 1.31 bits per heavy atom. The summed E-state index contributed by atoms with van der Waals surface area (Å²) in [5.74, 6) is 0.511. The van der Waals surface area contributed by atoms with Gasteiger partial charge in [0.25, 0.3) is 0 Å². The van der Waals surface area contributed by atoms with E-state index in [1.807, 2.05) is 56.5 Å². The maximum Gasteiger partial charge on any atom is 0.246 e. The third kappa shape index (κ3) is 3.07. The minimum atomic E-state index is -0.997. The van der Waals surface area contributed by atoms with E-state index in [-0.39, 0.29) is 23.7 Å². The predicted molar refractivity (Wildman–Crippen MR) is 139 cm³/mol. The summed E-state index contributed by atoms with van der Waals surface area (Å²) in [5.41, 5.74) is 2.56. The molecular weight excluding hydrogens is 452 g/mol. The number of aliphatic hydroxyl groups is 1. The maximum absolute atomic E-state index is 13.3. The summed E-state index contributed by atoms with van der Waals surface area (Å²) in [6.07, 6.45) is 7.57.